The van der Waals surface area contributed by atoms with E-state index in [0.29, 0.717) is 0 Å². The Morgan fingerprint density at radius 3 is 3.15 bits per heavy atom. The largest absolute Gasteiger partial charge is 0.325 e. The summed E-state index contributed by atoms with van der Waals surface area (Å²) in [7, 11) is 0. The summed E-state index contributed by atoms with van der Waals surface area (Å²) < 4.78 is 0. The molecule has 4 nitrogen and oxygen atoms in total. The van der Waals surface area contributed by atoms with Gasteiger partial charge in [0.05, 0.1) is 5.92 Å². The predicted molar refractivity (Wildman–Crippen MR) is 49.3 cm³/mol. The first kappa shape index (κ1) is 8.56. The second-order valence-corrected chi connectivity index (χ2v) is 4.22. The number of rotatable bonds is 0. The smallest absolute Gasteiger partial charge is 0.247 e. The topological polar surface area (TPSA) is 67.2 Å². The van der Waals surface area contributed by atoms with Crippen LogP contribution in [0.2, 0.25) is 0 Å². The van der Waals surface area contributed by atoms with Gasteiger partial charge in [-0.3, -0.25) is 10.2 Å². The molecule has 1 saturated heterocycles. The van der Waals surface area contributed by atoms with Crippen molar-refractivity contribution in [3.8, 4) is 0 Å². The Labute approximate surface area is 77.5 Å². The Kier molecular flexibility index (Phi) is 1.80. The highest BCUT2D eigenvalue weighted by Gasteiger charge is 2.33. The number of carbonyl (C=O) groups is 1. The highest BCUT2D eigenvalue weighted by molar-refractivity contribution is 5.83. The zero-order chi connectivity index (χ0) is 9.47. The van der Waals surface area contributed by atoms with Crippen LogP contribution in [0, 0.1) is 5.92 Å². The van der Waals surface area contributed by atoms with E-state index in [1.54, 1.807) is 0 Å². The third kappa shape index (κ3) is 1.54. The molecule has 0 radical (unpaired) electrons. The zero-order valence-corrected chi connectivity index (χ0v) is 7.76. The summed E-state index contributed by atoms with van der Waals surface area (Å²) in [5.74, 6) is 0.0781. The fourth-order valence-electron chi connectivity index (χ4n) is 1.85. The molecule has 0 aromatic rings. The fourth-order valence-corrected chi connectivity index (χ4v) is 1.85. The molecular weight excluding hydrogens is 166 g/mol. The molecule has 0 aromatic heterocycles. The van der Waals surface area contributed by atoms with Crippen LogP contribution in [0.3, 0.4) is 0 Å². The highest BCUT2D eigenvalue weighted by Crippen LogP contribution is 2.29. The first-order valence-corrected chi connectivity index (χ1v) is 4.63. The van der Waals surface area contributed by atoms with E-state index in [1.165, 1.54) is 0 Å². The van der Waals surface area contributed by atoms with Crippen molar-refractivity contribution in [2.24, 2.45) is 11.7 Å². The van der Waals surface area contributed by atoms with Crippen molar-refractivity contribution >= 4 is 5.91 Å². The third-order valence-electron chi connectivity index (χ3n) is 2.81. The van der Waals surface area contributed by atoms with Crippen molar-refractivity contribution in [3.05, 3.63) is 11.8 Å². The summed E-state index contributed by atoms with van der Waals surface area (Å²) in [6.07, 6.45) is 4.61. The van der Waals surface area contributed by atoms with Crippen molar-refractivity contribution in [2.75, 3.05) is 0 Å². The number of nitrogens with two attached hydrogens (primary N) is 1. The van der Waals surface area contributed by atoms with Gasteiger partial charge in [-0.2, -0.15) is 0 Å². The van der Waals surface area contributed by atoms with E-state index in [2.05, 4.69) is 10.9 Å². The Morgan fingerprint density at radius 1 is 1.62 bits per heavy atom. The molecule has 2 unspecified atom stereocenters. The molecule has 4 N–H and O–H groups in total. The Hall–Kier alpha value is -1.03. The molecule has 4 heteroatoms. The van der Waals surface area contributed by atoms with Crippen LogP contribution in [0.15, 0.2) is 11.8 Å². The lowest BCUT2D eigenvalue weighted by atomic mass is 9.92. The van der Waals surface area contributed by atoms with E-state index in [1.807, 2.05) is 13.0 Å². The van der Waals surface area contributed by atoms with E-state index >= 15 is 0 Å². The molecule has 72 valence electrons. The Morgan fingerprint density at radius 2 is 2.38 bits per heavy atom. The summed E-state index contributed by atoms with van der Waals surface area (Å²) in [4.78, 5) is 11.3. The lowest BCUT2D eigenvalue weighted by Crippen LogP contribution is -2.35. The van der Waals surface area contributed by atoms with E-state index in [0.717, 1.165) is 25.0 Å². The van der Waals surface area contributed by atoms with Gasteiger partial charge in [0, 0.05) is 11.2 Å². The Balaban J connectivity index is 2.20. The van der Waals surface area contributed by atoms with Gasteiger partial charge in [-0.15, -0.1) is 0 Å². The number of fused-ring (bicyclic) bond motifs is 1. The number of hydrazine groups is 1. The van der Waals surface area contributed by atoms with Crippen LogP contribution in [0.5, 0.6) is 0 Å². The van der Waals surface area contributed by atoms with Crippen LogP contribution in [0.1, 0.15) is 26.2 Å². The average Bonchev–Trinajstić information content (AvgIpc) is 2.32. The van der Waals surface area contributed by atoms with Crippen LogP contribution >= 0.6 is 0 Å². The van der Waals surface area contributed by atoms with Crippen molar-refractivity contribution < 1.29 is 4.79 Å². The van der Waals surface area contributed by atoms with Gasteiger partial charge < -0.3 is 11.2 Å². The zero-order valence-electron chi connectivity index (χ0n) is 7.76. The van der Waals surface area contributed by atoms with Gasteiger partial charge >= 0.3 is 0 Å². The highest BCUT2D eigenvalue weighted by atomic mass is 16.2. The maximum Gasteiger partial charge on any atom is 0.247 e. The number of carbonyl (C=O) groups excluding carboxylic acids is 1. The van der Waals surface area contributed by atoms with Crippen LogP contribution in [0.25, 0.3) is 0 Å². The summed E-state index contributed by atoms with van der Waals surface area (Å²) >= 11 is 0. The molecule has 1 aliphatic heterocycles. The van der Waals surface area contributed by atoms with Crippen LogP contribution in [0.4, 0.5) is 0 Å². The molecular formula is C9H15N3O. The number of hydrogen-bond donors (Lipinski definition) is 3. The number of hydrogen-bond acceptors (Lipinski definition) is 3. The van der Waals surface area contributed by atoms with Gasteiger partial charge in [0.15, 0.2) is 0 Å². The molecule has 0 aromatic carbocycles. The minimum absolute atomic E-state index is 0.00498. The lowest BCUT2D eigenvalue weighted by molar-refractivity contribution is -0.122. The monoisotopic (exact) mass is 181 g/mol. The van der Waals surface area contributed by atoms with Crippen molar-refractivity contribution in [3.63, 3.8) is 0 Å². The molecule has 1 amide bonds. The maximum absolute atomic E-state index is 11.3. The molecule has 1 fully saturated rings. The maximum atomic E-state index is 11.3. The fraction of sp³-hybridized carbons (Fsp3) is 0.667. The van der Waals surface area contributed by atoms with Gasteiger partial charge in [0.25, 0.3) is 0 Å². The molecule has 0 saturated carbocycles. The lowest BCUT2D eigenvalue weighted by Gasteiger charge is -2.21. The van der Waals surface area contributed by atoms with Gasteiger partial charge in [-0.05, 0) is 26.2 Å². The SMILES string of the molecule is CC1(N)CC=C2NNC(=O)C2CC1. The van der Waals surface area contributed by atoms with E-state index < -0.39 is 0 Å². The van der Waals surface area contributed by atoms with Crippen LogP contribution in [-0.4, -0.2) is 11.4 Å². The second kappa shape index (κ2) is 2.73. The van der Waals surface area contributed by atoms with Gasteiger partial charge in [0.2, 0.25) is 5.91 Å². The standard InChI is InChI=1S/C9H15N3O/c1-9(10)4-2-6-7(3-5-9)11-12-8(6)13/h3,6,11H,2,4-5,10H2,1H3,(H,12,13). The van der Waals surface area contributed by atoms with Gasteiger partial charge in [-0.25, -0.2) is 0 Å². The van der Waals surface area contributed by atoms with Crippen molar-refractivity contribution in [1.29, 1.82) is 0 Å². The molecule has 0 bridgehead atoms. The molecule has 2 rings (SSSR count). The number of nitrogens with one attached hydrogen (secondary N) is 2. The second-order valence-electron chi connectivity index (χ2n) is 4.22. The van der Waals surface area contributed by atoms with Crippen molar-refractivity contribution in [1.82, 2.24) is 10.9 Å². The number of amides is 1. The normalized spacial score (nSPS) is 38.5. The van der Waals surface area contributed by atoms with Crippen molar-refractivity contribution in [2.45, 2.75) is 31.7 Å². The first-order valence-electron chi connectivity index (χ1n) is 4.63. The van der Waals surface area contributed by atoms with Gasteiger partial charge in [-0.1, -0.05) is 6.08 Å². The third-order valence-corrected chi connectivity index (χ3v) is 2.81. The summed E-state index contributed by atoms with van der Waals surface area (Å²) in [6, 6.07) is 0. The average molecular weight is 181 g/mol. The van der Waals surface area contributed by atoms with E-state index in [9.17, 15) is 4.79 Å². The summed E-state index contributed by atoms with van der Waals surface area (Å²) in [5.41, 5.74) is 12.4. The molecule has 1 heterocycles. The summed E-state index contributed by atoms with van der Waals surface area (Å²) in [6.45, 7) is 2.03. The minimum Gasteiger partial charge on any atom is -0.325 e. The Bertz CT molecular complexity index is 270. The molecule has 2 atom stereocenters. The minimum atomic E-state index is -0.153. The van der Waals surface area contributed by atoms with E-state index in [4.69, 9.17) is 5.73 Å². The van der Waals surface area contributed by atoms with E-state index in [-0.39, 0.29) is 17.4 Å². The molecule has 13 heavy (non-hydrogen) atoms. The molecule has 2 aliphatic rings. The molecule has 0 spiro atoms. The van der Waals surface area contributed by atoms with Crippen LogP contribution < -0.4 is 16.6 Å². The predicted octanol–water partition coefficient (Wildman–Crippen LogP) is 0.0222. The molecule has 1 aliphatic carbocycles. The summed E-state index contributed by atoms with van der Waals surface area (Å²) in [5, 5.41) is 0. The van der Waals surface area contributed by atoms with Crippen LogP contribution in [-0.2, 0) is 4.79 Å². The quantitative estimate of drug-likeness (QED) is 0.493. The first-order chi connectivity index (χ1) is 6.08. The van der Waals surface area contributed by atoms with Gasteiger partial charge in [0.1, 0.15) is 0 Å².